The maximum atomic E-state index is 12.7. The number of carbonyl (C=O) groups is 2. The summed E-state index contributed by atoms with van der Waals surface area (Å²) >= 11 is 0. The van der Waals surface area contributed by atoms with Crippen LogP contribution in [0.5, 0.6) is 0 Å². The number of nitrogens with one attached hydrogen (secondary N) is 2. The molecule has 0 bridgehead atoms. The fourth-order valence-electron chi connectivity index (χ4n) is 2.72. The second-order valence-electron chi connectivity index (χ2n) is 6.84. The first-order valence-corrected chi connectivity index (χ1v) is 10.6. The molecule has 0 aliphatic heterocycles. The summed E-state index contributed by atoms with van der Waals surface area (Å²) < 4.78 is 27.9. The molecule has 4 N–H and O–H groups in total. The molecular formula is C22H21N3O4S. The molecule has 0 fully saturated rings. The van der Waals surface area contributed by atoms with E-state index in [1.165, 1.54) is 30.3 Å². The molecule has 0 radical (unpaired) electrons. The van der Waals surface area contributed by atoms with Gasteiger partial charge >= 0.3 is 0 Å². The number of benzene rings is 3. The van der Waals surface area contributed by atoms with Crippen molar-refractivity contribution in [1.82, 2.24) is 0 Å². The normalized spacial score (nSPS) is 11.0. The van der Waals surface area contributed by atoms with E-state index in [1.54, 1.807) is 43.3 Å². The molecule has 3 aromatic rings. The fraction of sp³-hybridized carbons (Fsp3) is 0.0909. The number of sulfonamides is 1. The maximum Gasteiger partial charge on any atom is 0.261 e. The number of rotatable bonds is 6. The Kier molecular flexibility index (Phi) is 5.89. The molecule has 0 saturated heterocycles. The topological polar surface area (TPSA) is 118 Å². The molecule has 7 nitrogen and oxygen atoms in total. The minimum Gasteiger partial charge on any atom is -0.366 e. The van der Waals surface area contributed by atoms with Crippen molar-refractivity contribution in [2.75, 3.05) is 10.0 Å². The van der Waals surface area contributed by atoms with Gasteiger partial charge in [-0.05, 0) is 67.9 Å². The van der Waals surface area contributed by atoms with Crippen LogP contribution in [0.2, 0.25) is 0 Å². The molecule has 0 aromatic heterocycles. The average molecular weight is 423 g/mol. The van der Waals surface area contributed by atoms with Gasteiger partial charge in [0.05, 0.1) is 10.6 Å². The number of amides is 2. The van der Waals surface area contributed by atoms with E-state index < -0.39 is 21.8 Å². The Labute approximate surface area is 175 Å². The van der Waals surface area contributed by atoms with Crippen molar-refractivity contribution in [2.45, 2.75) is 18.7 Å². The maximum absolute atomic E-state index is 12.7. The highest BCUT2D eigenvalue weighted by Crippen LogP contribution is 2.22. The van der Waals surface area contributed by atoms with E-state index in [2.05, 4.69) is 10.0 Å². The Balaban J connectivity index is 1.81. The van der Waals surface area contributed by atoms with Gasteiger partial charge in [0, 0.05) is 16.8 Å². The number of hydrogen-bond acceptors (Lipinski definition) is 4. The lowest BCUT2D eigenvalue weighted by Gasteiger charge is -2.13. The third kappa shape index (κ3) is 4.84. The van der Waals surface area contributed by atoms with E-state index >= 15 is 0 Å². The molecule has 0 heterocycles. The number of nitrogens with two attached hydrogens (primary N) is 1. The van der Waals surface area contributed by atoms with Crippen molar-refractivity contribution in [3.05, 3.63) is 89.0 Å². The van der Waals surface area contributed by atoms with Crippen LogP contribution in [0.15, 0.2) is 71.6 Å². The van der Waals surface area contributed by atoms with E-state index in [-0.39, 0.29) is 10.5 Å². The molecule has 0 saturated carbocycles. The molecule has 0 spiro atoms. The van der Waals surface area contributed by atoms with Crippen LogP contribution in [-0.4, -0.2) is 20.2 Å². The molecule has 8 heteroatoms. The van der Waals surface area contributed by atoms with Crippen LogP contribution in [0.1, 0.15) is 31.8 Å². The summed E-state index contributed by atoms with van der Waals surface area (Å²) in [7, 11) is -3.79. The van der Waals surface area contributed by atoms with E-state index in [9.17, 15) is 18.0 Å². The highest BCUT2D eigenvalue weighted by molar-refractivity contribution is 7.92. The largest absolute Gasteiger partial charge is 0.366 e. The van der Waals surface area contributed by atoms with Gasteiger partial charge in [-0.15, -0.1) is 0 Å². The van der Waals surface area contributed by atoms with Crippen LogP contribution in [0.4, 0.5) is 11.4 Å². The highest BCUT2D eigenvalue weighted by Gasteiger charge is 2.17. The zero-order valence-corrected chi connectivity index (χ0v) is 17.3. The van der Waals surface area contributed by atoms with Gasteiger partial charge in [0.1, 0.15) is 0 Å². The molecule has 2 amide bonds. The zero-order valence-electron chi connectivity index (χ0n) is 16.5. The van der Waals surface area contributed by atoms with E-state index in [4.69, 9.17) is 5.73 Å². The monoisotopic (exact) mass is 423 g/mol. The second-order valence-corrected chi connectivity index (χ2v) is 8.53. The Bertz CT molecular complexity index is 1200. The van der Waals surface area contributed by atoms with Crippen molar-refractivity contribution >= 4 is 33.2 Å². The lowest BCUT2D eigenvalue weighted by molar-refractivity contribution is 0.0998. The third-order valence-electron chi connectivity index (χ3n) is 4.50. The Morgan fingerprint density at radius 2 is 1.43 bits per heavy atom. The Hall–Kier alpha value is -3.65. The number of aryl methyl sites for hydroxylation is 2. The van der Waals surface area contributed by atoms with Gasteiger partial charge in [0.2, 0.25) is 5.91 Å². The lowest BCUT2D eigenvalue weighted by Crippen LogP contribution is -2.16. The van der Waals surface area contributed by atoms with Crippen LogP contribution in [0.3, 0.4) is 0 Å². The van der Waals surface area contributed by atoms with E-state index in [1.807, 2.05) is 6.92 Å². The van der Waals surface area contributed by atoms with Crippen LogP contribution < -0.4 is 15.8 Å². The molecule has 3 rings (SSSR count). The molecule has 0 aliphatic rings. The second kappa shape index (κ2) is 8.38. The van der Waals surface area contributed by atoms with Crippen LogP contribution in [-0.2, 0) is 10.0 Å². The summed E-state index contributed by atoms with van der Waals surface area (Å²) in [5, 5.41) is 2.70. The zero-order chi connectivity index (χ0) is 21.9. The molecule has 0 unspecified atom stereocenters. The summed E-state index contributed by atoms with van der Waals surface area (Å²) in [6, 6.07) is 17.4. The van der Waals surface area contributed by atoms with Crippen molar-refractivity contribution in [1.29, 1.82) is 0 Å². The lowest BCUT2D eigenvalue weighted by atomic mass is 10.1. The van der Waals surface area contributed by atoms with Crippen LogP contribution in [0.25, 0.3) is 0 Å². The standard InChI is InChI=1S/C22H21N3O4S/c1-14-3-11-19(12-4-14)30(28,29)25-20-13-17(6-5-15(20)2)22(27)24-18-9-7-16(8-10-18)21(23)26/h3-13,25H,1-2H3,(H2,23,26)(H,24,27). The first-order valence-electron chi connectivity index (χ1n) is 9.07. The minimum atomic E-state index is -3.79. The number of primary amides is 1. The predicted molar refractivity (Wildman–Crippen MR) is 116 cm³/mol. The smallest absolute Gasteiger partial charge is 0.261 e. The first-order chi connectivity index (χ1) is 14.2. The number of carbonyl (C=O) groups excluding carboxylic acids is 2. The highest BCUT2D eigenvalue weighted by atomic mass is 32.2. The SMILES string of the molecule is Cc1ccc(S(=O)(=O)Nc2cc(C(=O)Nc3ccc(C(N)=O)cc3)ccc2C)cc1. The van der Waals surface area contributed by atoms with Gasteiger partial charge in [0.15, 0.2) is 0 Å². The van der Waals surface area contributed by atoms with E-state index in [0.29, 0.717) is 22.5 Å². The van der Waals surface area contributed by atoms with Gasteiger partial charge in [-0.3, -0.25) is 14.3 Å². The number of hydrogen-bond donors (Lipinski definition) is 3. The molecule has 154 valence electrons. The Morgan fingerprint density at radius 1 is 0.833 bits per heavy atom. The molecular weight excluding hydrogens is 402 g/mol. The minimum absolute atomic E-state index is 0.136. The van der Waals surface area contributed by atoms with E-state index in [0.717, 1.165) is 5.56 Å². The summed E-state index contributed by atoms with van der Waals surface area (Å²) in [5.41, 5.74) is 8.23. The van der Waals surface area contributed by atoms with Gasteiger partial charge < -0.3 is 11.1 Å². The van der Waals surface area contributed by atoms with Crippen LogP contribution in [0, 0.1) is 13.8 Å². The molecule has 0 atom stereocenters. The van der Waals surface area contributed by atoms with Crippen molar-refractivity contribution in [3.8, 4) is 0 Å². The molecule has 0 aliphatic carbocycles. The quantitative estimate of drug-likeness (QED) is 0.563. The van der Waals surface area contributed by atoms with Crippen molar-refractivity contribution in [2.24, 2.45) is 5.73 Å². The van der Waals surface area contributed by atoms with Gasteiger partial charge in [0.25, 0.3) is 15.9 Å². The molecule has 3 aromatic carbocycles. The summed E-state index contributed by atoms with van der Waals surface area (Å²) in [6.07, 6.45) is 0. The van der Waals surface area contributed by atoms with Gasteiger partial charge in [-0.2, -0.15) is 0 Å². The fourth-order valence-corrected chi connectivity index (χ4v) is 3.84. The summed E-state index contributed by atoms with van der Waals surface area (Å²) in [4.78, 5) is 23.9. The van der Waals surface area contributed by atoms with Crippen molar-refractivity contribution in [3.63, 3.8) is 0 Å². The summed E-state index contributed by atoms with van der Waals surface area (Å²) in [5.74, 6) is -0.977. The van der Waals surface area contributed by atoms with Gasteiger partial charge in [-0.1, -0.05) is 23.8 Å². The van der Waals surface area contributed by atoms with Gasteiger partial charge in [-0.25, -0.2) is 8.42 Å². The predicted octanol–water partition coefficient (Wildman–Crippen LogP) is 3.46. The van der Waals surface area contributed by atoms with Crippen molar-refractivity contribution < 1.29 is 18.0 Å². The summed E-state index contributed by atoms with van der Waals surface area (Å²) in [6.45, 7) is 3.62. The number of anilines is 2. The van der Waals surface area contributed by atoms with Crippen LogP contribution >= 0.6 is 0 Å². The molecule has 30 heavy (non-hydrogen) atoms. The first kappa shape index (κ1) is 21.1. The Morgan fingerprint density at radius 3 is 2.03 bits per heavy atom. The third-order valence-corrected chi connectivity index (χ3v) is 5.88. The average Bonchev–Trinajstić information content (AvgIpc) is 2.70.